The van der Waals surface area contributed by atoms with Crippen molar-refractivity contribution in [3.8, 4) is 0 Å². The van der Waals surface area contributed by atoms with E-state index in [0.29, 0.717) is 10.0 Å². The predicted octanol–water partition coefficient (Wildman–Crippen LogP) is 4.65. The molecule has 0 radical (unpaired) electrons. The van der Waals surface area contributed by atoms with Crippen molar-refractivity contribution in [1.29, 1.82) is 0 Å². The number of halogens is 4. The molecule has 0 bridgehead atoms. The molecular weight excluding hydrogens is 315 g/mol. The average molecular weight is 319 g/mol. The first-order valence-electron chi connectivity index (χ1n) is 2.84. The Bertz CT molecular complexity index is 273. The van der Waals surface area contributed by atoms with Crippen molar-refractivity contribution in [2.45, 2.75) is 5.33 Å². The molecule has 0 aliphatic rings. The van der Waals surface area contributed by atoms with Crippen LogP contribution in [0.25, 0.3) is 0 Å². The fraction of sp³-hybridized carbons (Fsp3) is 0.143. The molecule has 0 unspecified atom stereocenters. The average Bonchev–Trinajstić information content (AvgIpc) is 1.97. The van der Waals surface area contributed by atoms with E-state index in [0.717, 1.165) is 15.4 Å². The quantitative estimate of drug-likeness (QED) is 0.522. The van der Waals surface area contributed by atoms with Crippen molar-refractivity contribution in [3.05, 3.63) is 32.2 Å². The van der Waals surface area contributed by atoms with E-state index in [1.165, 1.54) is 0 Å². The monoisotopic (exact) mass is 316 g/mol. The molecule has 1 rings (SSSR count). The van der Waals surface area contributed by atoms with Gasteiger partial charge in [0.25, 0.3) is 0 Å². The van der Waals surface area contributed by atoms with E-state index in [9.17, 15) is 0 Å². The third-order valence-electron chi connectivity index (χ3n) is 1.23. The van der Waals surface area contributed by atoms with E-state index in [-0.39, 0.29) is 0 Å². The fourth-order valence-corrected chi connectivity index (χ4v) is 2.13. The molecule has 0 amide bonds. The summed E-state index contributed by atoms with van der Waals surface area (Å²) in [4.78, 5) is 0. The number of alkyl halides is 1. The molecule has 0 saturated heterocycles. The van der Waals surface area contributed by atoms with Gasteiger partial charge in [-0.2, -0.15) is 0 Å². The van der Waals surface area contributed by atoms with Gasteiger partial charge >= 0.3 is 0 Å². The van der Waals surface area contributed by atoms with E-state index >= 15 is 0 Å². The summed E-state index contributed by atoms with van der Waals surface area (Å²) in [6.07, 6.45) is 0. The van der Waals surface area contributed by atoms with Crippen molar-refractivity contribution >= 4 is 55.1 Å². The van der Waals surface area contributed by atoms with Gasteiger partial charge in [0.2, 0.25) is 0 Å². The molecular formula is C7H4Br2Cl2. The van der Waals surface area contributed by atoms with Crippen LogP contribution in [-0.4, -0.2) is 0 Å². The Labute approximate surface area is 92.1 Å². The SMILES string of the molecule is Clc1cc(Cl)c(CBr)cc1Br. The Morgan fingerprint density at radius 2 is 1.82 bits per heavy atom. The van der Waals surface area contributed by atoms with E-state index in [4.69, 9.17) is 23.2 Å². The summed E-state index contributed by atoms with van der Waals surface area (Å²) in [6, 6.07) is 3.63. The first-order valence-corrected chi connectivity index (χ1v) is 5.51. The standard InChI is InChI=1S/C7H4Br2Cl2/c8-3-4-1-5(9)7(11)2-6(4)10/h1-2H,3H2. The summed E-state index contributed by atoms with van der Waals surface area (Å²) in [7, 11) is 0. The highest BCUT2D eigenvalue weighted by atomic mass is 79.9. The Morgan fingerprint density at radius 1 is 1.18 bits per heavy atom. The minimum absolute atomic E-state index is 0.639. The van der Waals surface area contributed by atoms with E-state index in [1.54, 1.807) is 6.07 Å². The topological polar surface area (TPSA) is 0 Å². The number of rotatable bonds is 1. The van der Waals surface area contributed by atoms with Crippen molar-refractivity contribution < 1.29 is 0 Å². The highest BCUT2D eigenvalue weighted by Crippen LogP contribution is 2.30. The Kier molecular flexibility index (Phi) is 3.69. The zero-order chi connectivity index (χ0) is 8.43. The summed E-state index contributed by atoms with van der Waals surface area (Å²) in [6.45, 7) is 0. The van der Waals surface area contributed by atoms with Gasteiger partial charge in [0.05, 0.1) is 5.02 Å². The molecule has 0 aliphatic heterocycles. The molecule has 0 nitrogen and oxygen atoms in total. The van der Waals surface area contributed by atoms with Crippen molar-refractivity contribution in [2.24, 2.45) is 0 Å². The molecule has 0 N–H and O–H groups in total. The summed E-state index contributed by atoms with van der Waals surface area (Å²) in [5.41, 5.74) is 1.03. The van der Waals surface area contributed by atoms with Gasteiger partial charge in [0, 0.05) is 14.8 Å². The summed E-state index contributed by atoms with van der Waals surface area (Å²) in [5.74, 6) is 0. The lowest BCUT2D eigenvalue weighted by atomic mass is 10.2. The highest BCUT2D eigenvalue weighted by Gasteiger charge is 2.03. The number of benzene rings is 1. The minimum Gasteiger partial charge on any atom is -0.0876 e. The molecule has 0 aromatic heterocycles. The Morgan fingerprint density at radius 3 is 2.36 bits per heavy atom. The summed E-state index contributed by atoms with van der Waals surface area (Å²) < 4.78 is 0.873. The lowest BCUT2D eigenvalue weighted by Crippen LogP contribution is -1.80. The first kappa shape index (κ1) is 9.85. The molecule has 11 heavy (non-hydrogen) atoms. The van der Waals surface area contributed by atoms with Crippen LogP contribution in [0.2, 0.25) is 10.0 Å². The second-order valence-corrected chi connectivity index (χ2v) is 4.22. The fourth-order valence-electron chi connectivity index (χ4n) is 0.666. The predicted molar refractivity (Wildman–Crippen MR) is 56.8 cm³/mol. The molecule has 0 atom stereocenters. The zero-order valence-corrected chi connectivity index (χ0v) is 10.1. The van der Waals surface area contributed by atoms with Crippen LogP contribution in [-0.2, 0) is 5.33 Å². The smallest absolute Gasteiger partial charge is 0.0563 e. The maximum atomic E-state index is 5.87. The molecule has 0 spiro atoms. The van der Waals surface area contributed by atoms with Crippen LogP contribution in [0.15, 0.2) is 16.6 Å². The van der Waals surface area contributed by atoms with Gasteiger partial charge in [0.15, 0.2) is 0 Å². The number of hydrogen-bond donors (Lipinski definition) is 0. The highest BCUT2D eigenvalue weighted by molar-refractivity contribution is 9.10. The molecule has 1 aromatic rings. The van der Waals surface area contributed by atoms with Crippen LogP contribution in [0.3, 0.4) is 0 Å². The first-order chi connectivity index (χ1) is 5.15. The van der Waals surface area contributed by atoms with Gasteiger partial charge in [-0.3, -0.25) is 0 Å². The van der Waals surface area contributed by atoms with Crippen molar-refractivity contribution in [1.82, 2.24) is 0 Å². The second-order valence-electron chi connectivity index (χ2n) is 1.99. The molecule has 1 aromatic carbocycles. The Balaban J connectivity index is 3.21. The molecule has 0 heterocycles. The maximum absolute atomic E-state index is 5.87. The molecule has 0 saturated carbocycles. The molecule has 60 valence electrons. The third-order valence-corrected chi connectivity index (χ3v) is 3.39. The largest absolute Gasteiger partial charge is 0.0876 e. The second kappa shape index (κ2) is 4.13. The normalized spacial score (nSPS) is 10.2. The minimum atomic E-state index is 0.639. The molecule has 0 aliphatic carbocycles. The summed E-state index contributed by atoms with van der Waals surface area (Å²) >= 11 is 18.3. The van der Waals surface area contributed by atoms with Crippen LogP contribution < -0.4 is 0 Å². The lowest BCUT2D eigenvalue weighted by molar-refractivity contribution is 1.42. The van der Waals surface area contributed by atoms with Crippen molar-refractivity contribution in [3.63, 3.8) is 0 Å². The third kappa shape index (κ3) is 2.35. The van der Waals surface area contributed by atoms with E-state index < -0.39 is 0 Å². The zero-order valence-electron chi connectivity index (χ0n) is 5.37. The molecule has 4 heteroatoms. The van der Waals surface area contributed by atoms with Crippen LogP contribution in [0.1, 0.15) is 5.56 Å². The van der Waals surface area contributed by atoms with Crippen molar-refractivity contribution in [2.75, 3.05) is 0 Å². The van der Waals surface area contributed by atoms with Gasteiger partial charge in [0.1, 0.15) is 0 Å². The van der Waals surface area contributed by atoms with Crippen LogP contribution >= 0.6 is 55.1 Å². The lowest BCUT2D eigenvalue weighted by Gasteiger charge is -2.01. The molecule has 0 fully saturated rings. The van der Waals surface area contributed by atoms with Gasteiger partial charge in [-0.15, -0.1) is 0 Å². The van der Waals surface area contributed by atoms with Gasteiger partial charge in [-0.25, -0.2) is 0 Å². The van der Waals surface area contributed by atoms with Crippen LogP contribution in [0, 0.1) is 0 Å². The summed E-state index contributed by atoms with van der Waals surface area (Å²) in [5, 5.41) is 2.07. The van der Waals surface area contributed by atoms with Gasteiger partial charge in [-0.1, -0.05) is 39.1 Å². The Hall–Kier alpha value is 0.760. The van der Waals surface area contributed by atoms with Gasteiger partial charge in [-0.05, 0) is 33.6 Å². The van der Waals surface area contributed by atoms with Gasteiger partial charge < -0.3 is 0 Å². The van der Waals surface area contributed by atoms with Crippen LogP contribution in [0.5, 0.6) is 0 Å². The van der Waals surface area contributed by atoms with Crippen LogP contribution in [0.4, 0.5) is 0 Å². The van der Waals surface area contributed by atoms with E-state index in [1.807, 2.05) is 6.07 Å². The number of hydrogen-bond acceptors (Lipinski definition) is 0. The van der Waals surface area contributed by atoms with E-state index in [2.05, 4.69) is 31.9 Å². The maximum Gasteiger partial charge on any atom is 0.0563 e.